The maximum absolute atomic E-state index is 5.18. The van der Waals surface area contributed by atoms with E-state index in [9.17, 15) is 0 Å². The molecule has 1 N–H and O–H groups in total. The molecule has 0 fully saturated rings. The second-order valence-corrected chi connectivity index (χ2v) is 6.36. The van der Waals surface area contributed by atoms with Crippen molar-refractivity contribution < 1.29 is 4.74 Å². The van der Waals surface area contributed by atoms with E-state index in [1.54, 1.807) is 7.11 Å². The van der Waals surface area contributed by atoms with E-state index in [0.29, 0.717) is 0 Å². The van der Waals surface area contributed by atoms with Gasteiger partial charge in [0.25, 0.3) is 0 Å². The van der Waals surface area contributed by atoms with Gasteiger partial charge in [-0.2, -0.15) is 0 Å². The van der Waals surface area contributed by atoms with E-state index in [2.05, 4.69) is 30.1 Å². The number of unbranched alkanes of at least 4 members (excludes halogenated alkanes) is 3. The fourth-order valence-electron chi connectivity index (χ4n) is 2.60. The van der Waals surface area contributed by atoms with Crippen LogP contribution < -0.4 is 5.32 Å². The Morgan fingerprint density at radius 3 is 2.70 bits per heavy atom. The lowest BCUT2D eigenvalue weighted by atomic mass is 10.1. The van der Waals surface area contributed by atoms with Gasteiger partial charge in [0, 0.05) is 20.2 Å². The lowest BCUT2D eigenvalue weighted by Gasteiger charge is -2.26. The molecule has 1 aliphatic heterocycles. The summed E-state index contributed by atoms with van der Waals surface area (Å²) in [5.74, 6) is 0.769. The summed E-state index contributed by atoms with van der Waals surface area (Å²) < 4.78 is 5.18. The predicted molar refractivity (Wildman–Crippen MR) is 87.2 cm³/mol. The van der Waals surface area contributed by atoms with Crippen LogP contribution in [-0.4, -0.2) is 51.3 Å². The number of methoxy groups -OCH3 is 1. The van der Waals surface area contributed by atoms with Gasteiger partial charge in [-0.25, -0.2) is 0 Å². The van der Waals surface area contributed by atoms with Gasteiger partial charge in [0.15, 0.2) is 0 Å². The second kappa shape index (κ2) is 11.3. The molecule has 1 rings (SSSR count). The van der Waals surface area contributed by atoms with Crippen LogP contribution in [0.15, 0.2) is 11.6 Å². The van der Waals surface area contributed by atoms with E-state index in [1.165, 1.54) is 57.3 Å². The zero-order chi connectivity index (χ0) is 14.6. The van der Waals surface area contributed by atoms with Crippen LogP contribution >= 0.6 is 0 Å². The largest absolute Gasteiger partial charge is 0.380 e. The summed E-state index contributed by atoms with van der Waals surface area (Å²) in [6, 6.07) is 0. The van der Waals surface area contributed by atoms with Crippen LogP contribution in [0.1, 0.15) is 46.0 Å². The monoisotopic (exact) mass is 282 g/mol. The topological polar surface area (TPSA) is 24.5 Å². The predicted octanol–water partition coefficient (Wildman–Crippen LogP) is 3.07. The van der Waals surface area contributed by atoms with Gasteiger partial charge in [0.1, 0.15) is 0 Å². The molecule has 3 nitrogen and oxygen atoms in total. The standard InChI is InChI=1S/C17H34N2O/c1-16(2)14-18-10-6-4-5-7-11-19-12-8-17(9-13-19)15-20-3/h8,16,18H,4-7,9-15H2,1-3H3. The Labute approximate surface area is 125 Å². The van der Waals surface area contributed by atoms with Crippen molar-refractivity contribution in [3.63, 3.8) is 0 Å². The normalized spacial score (nSPS) is 16.7. The molecule has 0 amide bonds. The fourth-order valence-corrected chi connectivity index (χ4v) is 2.60. The summed E-state index contributed by atoms with van der Waals surface area (Å²) in [6.07, 6.45) is 8.94. The highest BCUT2D eigenvalue weighted by atomic mass is 16.5. The molecule has 0 aromatic heterocycles. The molecule has 0 aliphatic carbocycles. The van der Waals surface area contributed by atoms with Gasteiger partial charge < -0.3 is 10.1 Å². The molecule has 0 atom stereocenters. The van der Waals surface area contributed by atoms with Crippen LogP contribution in [-0.2, 0) is 4.74 Å². The number of ether oxygens (including phenoxy) is 1. The van der Waals surface area contributed by atoms with E-state index in [1.807, 2.05) is 0 Å². The van der Waals surface area contributed by atoms with Crippen LogP contribution in [0.3, 0.4) is 0 Å². The highest BCUT2D eigenvalue weighted by molar-refractivity contribution is 5.07. The minimum Gasteiger partial charge on any atom is -0.380 e. The summed E-state index contributed by atoms with van der Waals surface area (Å²) in [7, 11) is 1.78. The Hall–Kier alpha value is -0.380. The zero-order valence-electron chi connectivity index (χ0n) is 13.8. The number of hydrogen-bond acceptors (Lipinski definition) is 3. The van der Waals surface area contributed by atoms with E-state index in [-0.39, 0.29) is 0 Å². The van der Waals surface area contributed by atoms with E-state index in [0.717, 1.165) is 25.6 Å². The van der Waals surface area contributed by atoms with Crippen LogP contribution in [0, 0.1) is 5.92 Å². The summed E-state index contributed by atoms with van der Waals surface area (Å²) in [5.41, 5.74) is 1.47. The Bertz CT molecular complexity index is 264. The van der Waals surface area contributed by atoms with Crippen molar-refractivity contribution in [3.05, 3.63) is 11.6 Å². The molecule has 1 heterocycles. The third-order valence-electron chi connectivity index (χ3n) is 3.85. The van der Waals surface area contributed by atoms with Crippen molar-refractivity contribution in [2.24, 2.45) is 5.92 Å². The van der Waals surface area contributed by atoms with Gasteiger partial charge in [0.05, 0.1) is 6.61 Å². The molecule has 0 saturated carbocycles. The van der Waals surface area contributed by atoms with Crippen molar-refractivity contribution in [1.82, 2.24) is 10.2 Å². The van der Waals surface area contributed by atoms with Crippen molar-refractivity contribution >= 4 is 0 Å². The smallest absolute Gasteiger partial charge is 0.0673 e. The maximum atomic E-state index is 5.18. The fraction of sp³-hybridized carbons (Fsp3) is 0.882. The molecule has 0 aromatic rings. The van der Waals surface area contributed by atoms with Crippen LogP contribution in [0.2, 0.25) is 0 Å². The highest BCUT2D eigenvalue weighted by Crippen LogP contribution is 2.12. The van der Waals surface area contributed by atoms with Crippen molar-refractivity contribution in [1.29, 1.82) is 0 Å². The minimum atomic E-state index is 0.769. The Morgan fingerprint density at radius 1 is 1.25 bits per heavy atom. The molecule has 0 bridgehead atoms. The lowest BCUT2D eigenvalue weighted by molar-refractivity contribution is 0.211. The molecule has 0 aromatic carbocycles. The average Bonchev–Trinajstić information content (AvgIpc) is 2.43. The van der Waals surface area contributed by atoms with Crippen molar-refractivity contribution in [2.75, 3.05) is 46.4 Å². The summed E-state index contributed by atoms with van der Waals surface area (Å²) in [5, 5.41) is 3.51. The first-order valence-electron chi connectivity index (χ1n) is 8.32. The van der Waals surface area contributed by atoms with Gasteiger partial charge in [-0.1, -0.05) is 32.8 Å². The Balaban J connectivity index is 1.90. The highest BCUT2D eigenvalue weighted by Gasteiger charge is 2.10. The second-order valence-electron chi connectivity index (χ2n) is 6.36. The SMILES string of the molecule is COCC1=CCN(CCCCCCNCC(C)C)CC1. The number of nitrogens with zero attached hydrogens (tertiary/aromatic N) is 1. The van der Waals surface area contributed by atoms with Crippen LogP contribution in [0.5, 0.6) is 0 Å². The Kier molecular flexibility index (Phi) is 9.98. The van der Waals surface area contributed by atoms with E-state index in [4.69, 9.17) is 4.74 Å². The molecular weight excluding hydrogens is 248 g/mol. The molecule has 0 unspecified atom stereocenters. The first-order valence-corrected chi connectivity index (χ1v) is 8.32. The van der Waals surface area contributed by atoms with E-state index < -0.39 is 0 Å². The number of hydrogen-bond donors (Lipinski definition) is 1. The van der Waals surface area contributed by atoms with E-state index >= 15 is 0 Å². The molecular formula is C17H34N2O. The molecule has 0 saturated heterocycles. The summed E-state index contributed by atoms with van der Waals surface area (Å²) in [6.45, 7) is 11.3. The molecule has 3 heteroatoms. The number of rotatable bonds is 11. The van der Waals surface area contributed by atoms with Gasteiger partial charge >= 0.3 is 0 Å². The quantitative estimate of drug-likeness (QED) is 0.465. The van der Waals surface area contributed by atoms with Crippen molar-refractivity contribution in [3.8, 4) is 0 Å². The third kappa shape index (κ3) is 8.72. The minimum absolute atomic E-state index is 0.769. The van der Waals surface area contributed by atoms with Gasteiger partial charge in [0.2, 0.25) is 0 Å². The maximum Gasteiger partial charge on any atom is 0.0673 e. The van der Waals surface area contributed by atoms with Gasteiger partial charge in [-0.05, 0) is 50.4 Å². The zero-order valence-corrected chi connectivity index (χ0v) is 13.8. The van der Waals surface area contributed by atoms with Crippen LogP contribution in [0.4, 0.5) is 0 Å². The number of nitrogens with one attached hydrogen (secondary N) is 1. The lowest BCUT2D eigenvalue weighted by Crippen LogP contribution is -2.30. The molecule has 118 valence electrons. The first kappa shape index (κ1) is 17.7. The molecule has 0 radical (unpaired) electrons. The van der Waals surface area contributed by atoms with Crippen LogP contribution in [0.25, 0.3) is 0 Å². The summed E-state index contributed by atoms with van der Waals surface area (Å²) in [4.78, 5) is 2.57. The Morgan fingerprint density at radius 2 is 2.05 bits per heavy atom. The molecule has 1 aliphatic rings. The third-order valence-corrected chi connectivity index (χ3v) is 3.85. The molecule has 20 heavy (non-hydrogen) atoms. The molecule has 0 spiro atoms. The van der Waals surface area contributed by atoms with Gasteiger partial charge in [-0.15, -0.1) is 0 Å². The first-order chi connectivity index (χ1) is 9.72. The summed E-state index contributed by atoms with van der Waals surface area (Å²) >= 11 is 0. The van der Waals surface area contributed by atoms with Gasteiger partial charge in [-0.3, -0.25) is 4.90 Å². The average molecular weight is 282 g/mol. The van der Waals surface area contributed by atoms with Crippen molar-refractivity contribution in [2.45, 2.75) is 46.0 Å².